The van der Waals surface area contributed by atoms with Gasteiger partial charge in [0.2, 0.25) is 0 Å². The first kappa shape index (κ1) is 19.7. The van der Waals surface area contributed by atoms with Crippen molar-refractivity contribution in [3.8, 4) is 5.75 Å². The standard InChI is InChI=1S/C21H25N3O4/c1-13(2)22-21(26)20-14(3)19-16(10-7-11-17(19)28-20)23-24-18(25)12-27-15-8-5-4-6-9-15/h4-6,8-9,13H,7,10-12H2,1-3H3,(H,22,26)(H,24,25)/b23-16+. The molecule has 0 spiro atoms. The number of hydrogen-bond acceptors (Lipinski definition) is 5. The van der Waals surface area contributed by atoms with E-state index in [1.165, 1.54) is 0 Å². The van der Waals surface area contributed by atoms with Crippen LogP contribution in [0.4, 0.5) is 0 Å². The summed E-state index contributed by atoms with van der Waals surface area (Å²) < 4.78 is 11.2. The summed E-state index contributed by atoms with van der Waals surface area (Å²) in [5.41, 5.74) is 4.84. The van der Waals surface area contributed by atoms with Crippen molar-refractivity contribution in [2.24, 2.45) is 5.10 Å². The Labute approximate surface area is 164 Å². The van der Waals surface area contributed by atoms with Crippen molar-refractivity contribution in [1.82, 2.24) is 10.7 Å². The van der Waals surface area contributed by atoms with Crippen molar-refractivity contribution < 1.29 is 18.7 Å². The molecule has 7 heteroatoms. The van der Waals surface area contributed by atoms with E-state index in [9.17, 15) is 9.59 Å². The van der Waals surface area contributed by atoms with Gasteiger partial charge in [-0.1, -0.05) is 18.2 Å². The first-order chi connectivity index (χ1) is 13.5. The molecule has 28 heavy (non-hydrogen) atoms. The number of aryl methyl sites for hydroxylation is 1. The van der Waals surface area contributed by atoms with Crippen molar-refractivity contribution in [1.29, 1.82) is 0 Å². The maximum Gasteiger partial charge on any atom is 0.287 e. The molecule has 0 radical (unpaired) electrons. The molecule has 0 saturated heterocycles. The topological polar surface area (TPSA) is 92.9 Å². The Bertz CT molecular complexity index is 885. The number of carbonyl (C=O) groups excluding carboxylic acids is 2. The van der Waals surface area contributed by atoms with Gasteiger partial charge in [-0.3, -0.25) is 9.59 Å². The maximum absolute atomic E-state index is 12.4. The Morgan fingerprint density at radius 2 is 1.96 bits per heavy atom. The number of carbonyl (C=O) groups is 2. The van der Waals surface area contributed by atoms with Crippen molar-refractivity contribution in [2.75, 3.05) is 6.61 Å². The highest BCUT2D eigenvalue weighted by atomic mass is 16.5. The minimum absolute atomic E-state index is 0.0195. The van der Waals surface area contributed by atoms with Crippen LogP contribution in [0.5, 0.6) is 5.75 Å². The van der Waals surface area contributed by atoms with Crippen molar-refractivity contribution in [3.05, 3.63) is 53.0 Å². The summed E-state index contributed by atoms with van der Waals surface area (Å²) in [6.45, 7) is 5.52. The van der Waals surface area contributed by atoms with E-state index in [1.54, 1.807) is 12.1 Å². The van der Waals surface area contributed by atoms with Crippen LogP contribution in [0.15, 0.2) is 39.9 Å². The summed E-state index contributed by atoms with van der Waals surface area (Å²) in [6.07, 6.45) is 2.30. The summed E-state index contributed by atoms with van der Waals surface area (Å²) in [5.74, 6) is 1.10. The third-order valence-corrected chi connectivity index (χ3v) is 4.38. The fraction of sp³-hybridized carbons (Fsp3) is 0.381. The van der Waals surface area contributed by atoms with Gasteiger partial charge in [-0.15, -0.1) is 0 Å². The number of amides is 2. The highest BCUT2D eigenvalue weighted by Crippen LogP contribution is 2.29. The van der Waals surface area contributed by atoms with Crippen LogP contribution in [-0.4, -0.2) is 30.2 Å². The summed E-state index contributed by atoms with van der Waals surface area (Å²) in [7, 11) is 0. The molecule has 0 saturated carbocycles. The van der Waals surface area contributed by atoms with Crippen LogP contribution in [0.1, 0.15) is 54.1 Å². The largest absolute Gasteiger partial charge is 0.484 e. The molecule has 3 rings (SSSR count). The molecule has 148 valence electrons. The van der Waals surface area contributed by atoms with Gasteiger partial charge in [0.15, 0.2) is 12.4 Å². The van der Waals surface area contributed by atoms with E-state index in [2.05, 4.69) is 15.8 Å². The fourth-order valence-electron chi connectivity index (χ4n) is 3.15. The van der Waals surface area contributed by atoms with Crippen molar-refractivity contribution in [2.45, 2.75) is 46.1 Å². The Hall–Kier alpha value is -3.09. The molecule has 2 amide bonds. The predicted molar refractivity (Wildman–Crippen MR) is 106 cm³/mol. The number of benzene rings is 1. The number of furan rings is 1. The second-order valence-corrected chi connectivity index (χ2v) is 7.03. The van der Waals surface area contributed by atoms with Gasteiger partial charge in [0.05, 0.1) is 5.71 Å². The number of para-hydroxylation sites is 1. The first-order valence-electron chi connectivity index (χ1n) is 9.42. The molecule has 1 aromatic heterocycles. The number of nitrogens with zero attached hydrogens (tertiary/aromatic N) is 1. The molecule has 0 aliphatic heterocycles. The monoisotopic (exact) mass is 383 g/mol. The van der Waals surface area contributed by atoms with Gasteiger partial charge < -0.3 is 14.5 Å². The molecule has 0 atom stereocenters. The van der Waals surface area contributed by atoms with E-state index in [1.807, 2.05) is 39.0 Å². The van der Waals surface area contributed by atoms with Crippen LogP contribution < -0.4 is 15.5 Å². The van der Waals surface area contributed by atoms with Crippen LogP contribution >= 0.6 is 0 Å². The molecule has 0 bridgehead atoms. The Balaban J connectivity index is 1.70. The van der Waals surface area contributed by atoms with Crippen LogP contribution in [-0.2, 0) is 11.2 Å². The molecule has 0 fully saturated rings. The lowest BCUT2D eigenvalue weighted by molar-refractivity contribution is -0.123. The second kappa shape index (κ2) is 8.73. The van der Waals surface area contributed by atoms with Crippen molar-refractivity contribution >= 4 is 17.5 Å². The maximum atomic E-state index is 12.4. The normalized spacial score (nSPS) is 14.6. The Morgan fingerprint density at radius 1 is 1.21 bits per heavy atom. The second-order valence-electron chi connectivity index (χ2n) is 7.03. The minimum atomic E-state index is -0.345. The molecule has 1 aliphatic rings. The van der Waals surface area contributed by atoms with Crippen LogP contribution in [0.25, 0.3) is 0 Å². The van der Waals surface area contributed by atoms with E-state index in [4.69, 9.17) is 9.15 Å². The Kier molecular flexibility index (Phi) is 6.13. The Morgan fingerprint density at radius 3 is 2.68 bits per heavy atom. The molecular formula is C21H25N3O4. The number of fused-ring (bicyclic) bond motifs is 1. The lowest BCUT2D eigenvalue weighted by atomic mass is 9.93. The molecular weight excluding hydrogens is 358 g/mol. The van der Waals surface area contributed by atoms with Crippen LogP contribution in [0.2, 0.25) is 0 Å². The van der Waals surface area contributed by atoms with Crippen molar-refractivity contribution in [3.63, 3.8) is 0 Å². The number of rotatable bonds is 6. The smallest absolute Gasteiger partial charge is 0.287 e. The molecule has 7 nitrogen and oxygen atoms in total. The average Bonchev–Trinajstić information content (AvgIpc) is 3.02. The van der Waals surface area contributed by atoms with Gasteiger partial charge in [-0.2, -0.15) is 5.10 Å². The van der Waals surface area contributed by atoms with E-state index in [0.717, 1.165) is 35.4 Å². The molecule has 1 heterocycles. The number of hydrazone groups is 1. The SMILES string of the molecule is Cc1c(C(=O)NC(C)C)oc2c1/C(=N/NC(=O)COc1ccccc1)CCC2. The van der Waals surface area contributed by atoms with Gasteiger partial charge in [0.25, 0.3) is 11.8 Å². The zero-order valence-corrected chi connectivity index (χ0v) is 16.4. The molecule has 2 N–H and O–H groups in total. The van der Waals surface area contributed by atoms with Gasteiger partial charge in [-0.25, -0.2) is 5.43 Å². The minimum Gasteiger partial charge on any atom is -0.484 e. The fourth-order valence-corrected chi connectivity index (χ4v) is 3.15. The summed E-state index contributed by atoms with van der Waals surface area (Å²) in [6, 6.07) is 9.14. The lowest BCUT2D eigenvalue weighted by Gasteiger charge is -2.13. The summed E-state index contributed by atoms with van der Waals surface area (Å²) in [4.78, 5) is 24.4. The highest BCUT2D eigenvalue weighted by molar-refractivity contribution is 6.06. The summed E-state index contributed by atoms with van der Waals surface area (Å²) >= 11 is 0. The van der Waals surface area contributed by atoms with Gasteiger partial charge in [0.1, 0.15) is 11.5 Å². The predicted octanol–water partition coefficient (Wildman–Crippen LogP) is 2.96. The third-order valence-electron chi connectivity index (χ3n) is 4.38. The van der Waals surface area contributed by atoms with Crippen LogP contribution in [0.3, 0.4) is 0 Å². The van der Waals surface area contributed by atoms with E-state index in [-0.39, 0.29) is 24.5 Å². The van der Waals surface area contributed by atoms with Crippen LogP contribution in [0, 0.1) is 6.92 Å². The summed E-state index contributed by atoms with van der Waals surface area (Å²) in [5, 5.41) is 7.12. The van der Waals surface area contributed by atoms with E-state index < -0.39 is 0 Å². The molecule has 1 aromatic carbocycles. The van der Waals surface area contributed by atoms with Gasteiger partial charge >= 0.3 is 0 Å². The quantitative estimate of drug-likeness (QED) is 0.750. The molecule has 0 unspecified atom stereocenters. The zero-order chi connectivity index (χ0) is 20.1. The average molecular weight is 383 g/mol. The molecule has 2 aromatic rings. The number of nitrogens with one attached hydrogen (secondary N) is 2. The van der Waals surface area contributed by atoms with Gasteiger partial charge in [0, 0.05) is 23.6 Å². The van der Waals surface area contributed by atoms with E-state index in [0.29, 0.717) is 17.9 Å². The van der Waals surface area contributed by atoms with Gasteiger partial charge in [-0.05, 0) is 45.7 Å². The third kappa shape index (κ3) is 4.60. The van der Waals surface area contributed by atoms with E-state index >= 15 is 0 Å². The molecule has 1 aliphatic carbocycles. The lowest BCUT2D eigenvalue weighted by Crippen LogP contribution is -2.30. The first-order valence-corrected chi connectivity index (χ1v) is 9.42. The number of ether oxygens (including phenoxy) is 1. The zero-order valence-electron chi connectivity index (χ0n) is 16.4. The highest BCUT2D eigenvalue weighted by Gasteiger charge is 2.28. The number of hydrogen-bond donors (Lipinski definition) is 2.